The first kappa shape index (κ1) is 27.3. The maximum absolute atomic E-state index is 14.5. The summed E-state index contributed by atoms with van der Waals surface area (Å²) in [6.07, 6.45) is 3.55. The molecule has 2 aliphatic heterocycles. The van der Waals surface area contributed by atoms with E-state index in [1.54, 1.807) is 38.1 Å². The molecule has 2 aliphatic rings. The Kier molecular flexibility index (Phi) is 8.56. The first-order valence-electron chi connectivity index (χ1n) is 12.6. The molecule has 0 radical (unpaired) electrons. The Labute approximate surface area is 234 Å². The van der Waals surface area contributed by atoms with Gasteiger partial charge in [0, 0.05) is 53.9 Å². The average molecular weight is 571 g/mol. The fourth-order valence-corrected chi connectivity index (χ4v) is 6.45. The van der Waals surface area contributed by atoms with Gasteiger partial charge in [-0.15, -0.1) is 0 Å². The number of aliphatic imine (C=N–C) groups is 1. The van der Waals surface area contributed by atoms with Gasteiger partial charge in [-0.3, -0.25) is 9.79 Å². The molecule has 11 heteroatoms. The Balaban J connectivity index is 1.36. The molecule has 1 N–H and O–H groups in total. The SMILES string of the molecule is COc1cccc(Sc2cnc(NC3=NC(C4CCN(C(C)=O)CC4)CS3)c(Oc3ccc(F)cc3F)c2)c1. The van der Waals surface area contributed by atoms with Crippen LogP contribution in [0, 0.1) is 17.6 Å². The van der Waals surface area contributed by atoms with Crippen LogP contribution in [-0.2, 0) is 4.79 Å². The second-order valence-corrected chi connectivity index (χ2v) is 11.4. The van der Waals surface area contributed by atoms with Crippen molar-refractivity contribution in [2.75, 3.05) is 31.3 Å². The standard InChI is InChI=1S/C28H28F2N4O3S2/c1-17(35)34-10-8-18(9-11-34)24-16-38-28(32-24)33-27-26(37-25-7-6-19(29)12-23(25)30)14-22(15-31-27)39-21-5-3-4-20(13-21)36-2/h3-7,12-15,18,24H,8-11,16H2,1-2H3,(H,31,32,33). The molecule has 0 saturated carbocycles. The fraction of sp³-hybridized carbons (Fsp3) is 0.321. The Morgan fingerprint density at radius 1 is 1.10 bits per heavy atom. The summed E-state index contributed by atoms with van der Waals surface area (Å²) in [7, 11) is 1.61. The second-order valence-electron chi connectivity index (χ2n) is 9.26. The summed E-state index contributed by atoms with van der Waals surface area (Å²) in [6, 6.07) is 12.7. The van der Waals surface area contributed by atoms with Gasteiger partial charge >= 0.3 is 0 Å². The average Bonchev–Trinajstić information content (AvgIpc) is 3.40. The molecule has 0 bridgehead atoms. The van der Waals surface area contributed by atoms with Crippen molar-refractivity contribution in [3.63, 3.8) is 0 Å². The highest BCUT2D eigenvalue weighted by Crippen LogP contribution is 2.38. The minimum absolute atomic E-state index is 0.110. The van der Waals surface area contributed by atoms with Crippen LogP contribution in [0.25, 0.3) is 0 Å². The number of hydrogen-bond acceptors (Lipinski definition) is 8. The predicted octanol–water partition coefficient (Wildman–Crippen LogP) is 6.45. The zero-order valence-electron chi connectivity index (χ0n) is 21.5. The highest BCUT2D eigenvalue weighted by Gasteiger charge is 2.31. The number of benzene rings is 2. The summed E-state index contributed by atoms with van der Waals surface area (Å²) in [5, 5.41) is 3.96. The van der Waals surface area contributed by atoms with Gasteiger partial charge in [0.25, 0.3) is 0 Å². The van der Waals surface area contributed by atoms with E-state index >= 15 is 0 Å². The summed E-state index contributed by atoms with van der Waals surface area (Å²) in [5.41, 5.74) is 0. The predicted molar refractivity (Wildman–Crippen MR) is 150 cm³/mol. The third-order valence-electron chi connectivity index (χ3n) is 6.65. The molecule has 0 aliphatic carbocycles. The number of halogens is 2. The molecule has 1 aromatic heterocycles. The van der Waals surface area contributed by atoms with Crippen LogP contribution in [0.2, 0.25) is 0 Å². The van der Waals surface area contributed by atoms with Gasteiger partial charge in [0.15, 0.2) is 28.3 Å². The van der Waals surface area contributed by atoms with Crippen molar-refractivity contribution in [3.05, 3.63) is 66.4 Å². The minimum Gasteiger partial charge on any atom is -0.497 e. The maximum Gasteiger partial charge on any atom is 0.219 e. The van der Waals surface area contributed by atoms with Gasteiger partial charge in [-0.2, -0.15) is 0 Å². The number of nitrogens with zero attached hydrogens (tertiary/aromatic N) is 3. The lowest BCUT2D eigenvalue weighted by Crippen LogP contribution is -2.39. The van der Waals surface area contributed by atoms with E-state index in [1.165, 1.54) is 17.8 Å². The van der Waals surface area contributed by atoms with Gasteiger partial charge in [0.05, 0.1) is 13.2 Å². The molecular formula is C28H28F2N4O3S2. The van der Waals surface area contributed by atoms with Gasteiger partial charge in [-0.25, -0.2) is 13.8 Å². The zero-order valence-corrected chi connectivity index (χ0v) is 23.2. The van der Waals surface area contributed by atoms with E-state index in [9.17, 15) is 13.6 Å². The molecule has 1 unspecified atom stereocenters. The number of likely N-dealkylation sites (tertiary alicyclic amines) is 1. The van der Waals surface area contributed by atoms with E-state index in [2.05, 4.69) is 10.3 Å². The van der Waals surface area contributed by atoms with E-state index < -0.39 is 11.6 Å². The number of rotatable bonds is 7. The van der Waals surface area contributed by atoms with Crippen LogP contribution in [0.1, 0.15) is 19.8 Å². The number of methoxy groups -OCH3 is 1. The normalized spacial score (nSPS) is 17.6. The highest BCUT2D eigenvalue weighted by molar-refractivity contribution is 8.14. The van der Waals surface area contributed by atoms with E-state index in [-0.39, 0.29) is 23.4 Å². The number of carbonyl (C=O) groups excluding carboxylic acids is 1. The number of ether oxygens (including phenoxy) is 2. The summed E-state index contributed by atoms with van der Waals surface area (Å²) in [5.74, 6) is 1.15. The largest absolute Gasteiger partial charge is 0.497 e. The van der Waals surface area contributed by atoms with Crippen molar-refractivity contribution in [2.45, 2.75) is 35.6 Å². The summed E-state index contributed by atoms with van der Waals surface area (Å²) in [4.78, 5) is 24.7. The lowest BCUT2D eigenvalue weighted by molar-refractivity contribution is -0.130. The number of anilines is 1. The highest BCUT2D eigenvalue weighted by atomic mass is 32.2. The van der Waals surface area contributed by atoms with Crippen LogP contribution in [0.4, 0.5) is 14.6 Å². The number of amidine groups is 1. The van der Waals surface area contributed by atoms with E-state index in [1.807, 2.05) is 29.2 Å². The molecule has 1 atom stereocenters. The fourth-order valence-electron chi connectivity index (χ4n) is 4.53. The lowest BCUT2D eigenvalue weighted by Gasteiger charge is -2.33. The number of nitrogens with one attached hydrogen (secondary N) is 1. The minimum atomic E-state index is -0.809. The van der Waals surface area contributed by atoms with Crippen LogP contribution in [0.3, 0.4) is 0 Å². The van der Waals surface area contributed by atoms with Crippen LogP contribution in [-0.4, -0.2) is 53.0 Å². The van der Waals surface area contributed by atoms with Crippen LogP contribution < -0.4 is 14.8 Å². The molecule has 1 saturated heterocycles. The summed E-state index contributed by atoms with van der Waals surface area (Å²) in [6.45, 7) is 3.13. The van der Waals surface area contributed by atoms with Crippen molar-refractivity contribution in [1.82, 2.24) is 9.88 Å². The van der Waals surface area contributed by atoms with Gasteiger partial charge in [-0.1, -0.05) is 29.6 Å². The Morgan fingerprint density at radius 3 is 2.67 bits per heavy atom. The van der Waals surface area contributed by atoms with Crippen molar-refractivity contribution >= 4 is 40.4 Å². The molecule has 3 aromatic rings. The van der Waals surface area contributed by atoms with Crippen molar-refractivity contribution < 1.29 is 23.0 Å². The van der Waals surface area contributed by atoms with Crippen LogP contribution in [0.5, 0.6) is 17.2 Å². The lowest BCUT2D eigenvalue weighted by atomic mass is 9.90. The van der Waals surface area contributed by atoms with Gasteiger partial charge in [-0.05, 0) is 49.1 Å². The van der Waals surface area contributed by atoms with Gasteiger partial charge in [0.1, 0.15) is 11.6 Å². The number of pyridine rings is 1. The Morgan fingerprint density at radius 2 is 1.92 bits per heavy atom. The molecule has 3 heterocycles. The topological polar surface area (TPSA) is 76.0 Å². The number of thioether (sulfide) groups is 1. The first-order valence-corrected chi connectivity index (χ1v) is 14.4. The van der Waals surface area contributed by atoms with Gasteiger partial charge in [0.2, 0.25) is 5.91 Å². The van der Waals surface area contributed by atoms with E-state index in [0.717, 1.165) is 59.4 Å². The third-order valence-corrected chi connectivity index (χ3v) is 8.58. The molecule has 204 valence electrons. The number of aromatic nitrogens is 1. The number of hydrogen-bond donors (Lipinski definition) is 1. The van der Waals surface area contributed by atoms with Crippen molar-refractivity contribution in [2.24, 2.45) is 10.9 Å². The van der Waals surface area contributed by atoms with Crippen LogP contribution in [0.15, 0.2) is 69.5 Å². The van der Waals surface area contributed by atoms with Gasteiger partial charge < -0.3 is 19.7 Å². The monoisotopic (exact) mass is 570 g/mol. The smallest absolute Gasteiger partial charge is 0.219 e. The molecular weight excluding hydrogens is 542 g/mol. The molecule has 0 spiro atoms. The molecule has 1 fully saturated rings. The van der Waals surface area contributed by atoms with Crippen molar-refractivity contribution in [1.29, 1.82) is 0 Å². The number of carbonyl (C=O) groups is 1. The maximum atomic E-state index is 14.5. The first-order chi connectivity index (χ1) is 18.9. The molecule has 1 amide bonds. The van der Waals surface area contributed by atoms with Crippen LogP contribution >= 0.6 is 23.5 Å². The number of piperidine rings is 1. The summed E-state index contributed by atoms with van der Waals surface area (Å²) >= 11 is 3.05. The molecule has 39 heavy (non-hydrogen) atoms. The molecule has 7 nitrogen and oxygen atoms in total. The molecule has 2 aromatic carbocycles. The summed E-state index contributed by atoms with van der Waals surface area (Å²) < 4.78 is 39.2. The second kappa shape index (κ2) is 12.3. The van der Waals surface area contributed by atoms with E-state index in [4.69, 9.17) is 14.5 Å². The van der Waals surface area contributed by atoms with E-state index in [0.29, 0.717) is 16.9 Å². The molecule has 5 rings (SSSR count). The number of amides is 1. The Hall–Kier alpha value is -3.31. The quantitative estimate of drug-likeness (QED) is 0.350. The Bertz CT molecular complexity index is 1380. The van der Waals surface area contributed by atoms with Crippen molar-refractivity contribution in [3.8, 4) is 17.2 Å². The zero-order chi connectivity index (χ0) is 27.4. The third kappa shape index (κ3) is 6.83.